The third-order valence-electron chi connectivity index (χ3n) is 6.40. The third-order valence-corrected chi connectivity index (χ3v) is 6.40. The summed E-state index contributed by atoms with van der Waals surface area (Å²) in [5.74, 6) is -0.650. The number of rotatable bonds is 4. The van der Waals surface area contributed by atoms with E-state index in [1.165, 1.54) is 6.20 Å². The Morgan fingerprint density at radius 1 is 1.32 bits per heavy atom. The number of aromatic carboxylic acids is 1. The van der Waals surface area contributed by atoms with Crippen LogP contribution in [0.5, 0.6) is 5.75 Å². The Hall–Kier alpha value is -2.38. The van der Waals surface area contributed by atoms with Gasteiger partial charge in [-0.15, -0.1) is 0 Å². The highest BCUT2D eigenvalue weighted by Crippen LogP contribution is 2.58. The molecule has 2 aromatic rings. The largest absolute Gasteiger partial charge is 0.494 e. The van der Waals surface area contributed by atoms with E-state index in [4.69, 9.17) is 10.5 Å². The third kappa shape index (κ3) is 2.64. The number of pyridine rings is 1. The number of fused-ring (bicyclic) bond motifs is 1. The van der Waals surface area contributed by atoms with Crippen molar-refractivity contribution in [3.8, 4) is 5.75 Å². The molecule has 7 nitrogen and oxygen atoms in total. The van der Waals surface area contributed by atoms with Gasteiger partial charge in [0.1, 0.15) is 11.3 Å². The fourth-order valence-electron chi connectivity index (χ4n) is 5.10. The number of aromatic amines is 1. The van der Waals surface area contributed by atoms with E-state index in [-0.39, 0.29) is 22.8 Å². The molecule has 0 amide bonds. The molecule has 0 radical (unpaired) electrons. The molecule has 1 atom stereocenters. The van der Waals surface area contributed by atoms with E-state index in [9.17, 15) is 14.7 Å². The van der Waals surface area contributed by atoms with Gasteiger partial charge in [-0.2, -0.15) is 0 Å². The number of carbonyl (C=O) groups is 1. The normalized spacial score (nSPS) is 23.5. The van der Waals surface area contributed by atoms with Crippen LogP contribution in [0.4, 0.5) is 0 Å². The second kappa shape index (κ2) is 6.32. The molecule has 1 aliphatic heterocycles. The molecule has 1 aromatic heterocycles. The number of nitrogens with two attached hydrogens (primary N) is 1. The molecule has 1 unspecified atom stereocenters. The molecule has 0 bridgehead atoms. The van der Waals surface area contributed by atoms with Gasteiger partial charge in [-0.25, -0.2) is 4.79 Å². The van der Waals surface area contributed by atoms with E-state index in [0.29, 0.717) is 16.7 Å². The fourth-order valence-corrected chi connectivity index (χ4v) is 5.10. The molecule has 2 aliphatic rings. The minimum atomic E-state index is -1.24. The Morgan fingerprint density at radius 3 is 2.61 bits per heavy atom. The van der Waals surface area contributed by atoms with Gasteiger partial charge in [0.05, 0.1) is 29.7 Å². The van der Waals surface area contributed by atoms with Crippen LogP contribution >= 0.6 is 0 Å². The lowest BCUT2D eigenvalue weighted by Gasteiger charge is -2.51. The zero-order chi connectivity index (χ0) is 20.3. The first kappa shape index (κ1) is 19.0. The number of hydrogen-bond acceptors (Lipinski definition) is 5. The smallest absolute Gasteiger partial charge is 0.341 e. The second-order valence-corrected chi connectivity index (χ2v) is 8.58. The van der Waals surface area contributed by atoms with Crippen LogP contribution < -0.4 is 15.9 Å². The van der Waals surface area contributed by atoms with Crippen LogP contribution in [0.1, 0.15) is 61.9 Å². The number of H-pyrrole nitrogens is 1. The summed E-state index contributed by atoms with van der Waals surface area (Å²) in [6, 6.07) is 3.62. The van der Waals surface area contributed by atoms with Crippen molar-refractivity contribution in [2.24, 2.45) is 5.73 Å². The highest BCUT2D eigenvalue weighted by atomic mass is 16.5. The van der Waals surface area contributed by atoms with Crippen molar-refractivity contribution < 1.29 is 14.6 Å². The van der Waals surface area contributed by atoms with Gasteiger partial charge >= 0.3 is 5.97 Å². The number of nitrogens with zero attached hydrogens (tertiary/aromatic N) is 1. The Kier molecular flexibility index (Phi) is 4.28. The number of carboxylic acids is 1. The van der Waals surface area contributed by atoms with Crippen LogP contribution in [0.15, 0.2) is 23.1 Å². The maximum atomic E-state index is 12.6. The summed E-state index contributed by atoms with van der Waals surface area (Å²) in [5, 5.41) is 9.55. The zero-order valence-electron chi connectivity index (χ0n) is 16.5. The summed E-state index contributed by atoms with van der Waals surface area (Å²) in [6.07, 6.45) is 6.32. The summed E-state index contributed by atoms with van der Waals surface area (Å²) in [5.41, 5.74) is 7.07. The maximum absolute atomic E-state index is 12.6. The van der Waals surface area contributed by atoms with Gasteiger partial charge in [-0.05, 0) is 52.0 Å². The Bertz CT molecular complexity index is 1010. The van der Waals surface area contributed by atoms with Crippen molar-refractivity contribution in [2.75, 3.05) is 7.11 Å². The van der Waals surface area contributed by atoms with Crippen molar-refractivity contribution >= 4 is 16.9 Å². The second-order valence-electron chi connectivity index (χ2n) is 8.58. The van der Waals surface area contributed by atoms with E-state index < -0.39 is 11.4 Å². The average Bonchev–Trinajstić information content (AvgIpc) is 3.41. The van der Waals surface area contributed by atoms with Crippen molar-refractivity contribution in [3.63, 3.8) is 0 Å². The van der Waals surface area contributed by atoms with E-state index in [0.717, 1.165) is 37.7 Å². The monoisotopic (exact) mass is 385 g/mol. The topological polar surface area (TPSA) is 109 Å². The Morgan fingerprint density at radius 2 is 2.04 bits per heavy atom. The van der Waals surface area contributed by atoms with Gasteiger partial charge in [-0.1, -0.05) is 6.07 Å². The number of carboxylic acid groups (broad SMARTS) is 1. The lowest BCUT2D eigenvalue weighted by atomic mass is 9.84. The van der Waals surface area contributed by atoms with Gasteiger partial charge in [0, 0.05) is 17.3 Å². The van der Waals surface area contributed by atoms with Crippen LogP contribution in [-0.2, 0) is 5.54 Å². The van der Waals surface area contributed by atoms with E-state index >= 15 is 0 Å². The highest BCUT2D eigenvalue weighted by molar-refractivity contribution is 5.94. The highest BCUT2D eigenvalue weighted by Gasteiger charge is 2.57. The van der Waals surface area contributed by atoms with E-state index in [2.05, 4.69) is 23.7 Å². The molecule has 4 rings (SSSR count). The number of benzene rings is 1. The molecule has 7 heteroatoms. The van der Waals surface area contributed by atoms with Crippen LogP contribution in [0.2, 0.25) is 0 Å². The summed E-state index contributed by atoms with van der Waals surface area (Å²) >= 11 is 0. The molecule has 1 aliphatic carbocycles. The van der Waals surface area contributed by atoms with Crippen molar-refractivity contribution in [2.45, 2.75) is 63.2 Å². The van der Waals surface area contributed by atoms with Crippen molar-refractivity contribution in [3.05, 3.63) is 39.7 Å². The predicted molar refractivity (Wildman–Crippen MR) is 107 cm³/mol. The number of aromatic nitrogens is 1. The van der Waals surface area contributed by atoms with Gasteiger partial charge in [-0.3, -0.25) is 9.69 Å². The predicted octanol–water partition coefficient (Wildman–Crippen LogP) is 2.77. The number of ether oxygens (including phenoxy) is 1. The standard InChI is InChI=1S/C21H27N3O4/c1-20(2)8-4-5-15(22)24(20)21(9-10-21)14-7-6-12-16(18(14)28-3)23-11-13(17(12)25)19(26)27/h6-7,11,15H,4-5,8-10,22H2,1-3H3,(H,23,25)(H,26,27). The summed E-state index contributed by atoms with van der Waals surface area (Å²) in [6.45, 7) is 4.47. The van der Waals surface area contributed by atoms with Gasteiger partial charge in [0.25, 0.3) is 0 Å². The molecule has 1 aromatic carbocycles. The number of nitrogens with one attached hydrogen (secondary N) is 1. The molecule has 150 valence electrons. The van der Waals surface area contributed by atoms with Crippen LogP contribution in [-0.4, -0.2) is 39.8 Å². The molecule has 28 heavy (non-hydrogen) atoms. The maximum Gasteiger partial charge on any atom is 0.341 e. The first-order chi connectivity index (χ1) is 13.2. The van der Waals surface area contributed by atoms with E-state index in [1.807, 2.05) is 6.07 Å². The number of piperidine rings is 1. The van der Waals surface area contributed by atoms with Crippen LogP contribution in [0.3, 0.4) is 0 Å². The van der Waals surface area contributed by atoms with Crippen molar-refractivity contribution in [1.82, 2.24) is 9.88 Å². The average molecular weight is 385 g/mol. The van der Waals surface area contributed by atoms with Gasteiger partial charge in [0.15, 0.2) is 0 Å². The molecular formula is C21H27N3O4. The molecule has 2 heterocycles. The lowest BCUT2D eigenvalue weighted by molar-refractivity contribution is -0.0281. The number of methoxy groups -OCH3 is 1. The van der Waals surface area contributed by atoms with Crippen LogP contribution in [0.25, 0.3) is 10.9 Å². The van der Waals surface area contributed by atoms with Gasteiger partial charge in [0.2, 0.25) is 5.43 Å². The summed E-state index contributed by atoms with van der Waals surface area (Å²) < 4.78 is 5.75. The summed E-state index contributed by atoms with van der Waals surface area (Å²) in [7, 11) is 1.58. The molecule has 0 spiro atoms. The SMILES string of the molecule is COc1c(C2(N3C(N)CCCC3(C)C)CC2)ccc2c(=O)c(C(=O)O)c[nH]c12. The minimum absolute atomic E-state index is 0.0277. The quantitative estimate of drug-likeness (QED) is 0.747. The first-order valence-corrected chi connectivity index (χ1v) is 9.74. The minimum Gasteiger partial charge on any atom is -0.494 e. The summed E-state index contributed by atoms with van der Waals surface area (Å²) in [4.78, 5) is 29.3. The Labute approximate surface area is 163 Å². The number of likely N-dealkylation sites (tertiary alicyclic amines) is 1. The molecule has 2 fully saturated rings. The van der Waals surface area contributed by atoms with Gasteiger partial charge < -0.3 is 20.6 Å². The lowest BCUT2D eigenvalue weighted by Crippen LogP contribution is -2.61. The molecule has 1 saturated heterocycles. The zero-order valence-corrected chi connectivity index (χ0v) is 16.5. The fraction of sp³-hybridized carbons (Fsp3) is 0.524. The van der Waals surface area contributed by atoms with Crippen molar-refractivity contribution in [1.29, 1.82) is 0 Å². The van der Waals surface area contributed by atoms with E-state index in [1.54, 1.807) is 13.2 Å². The molecule has 4 N–H and O–H groups in total. The first-order valence-electron chi connectivity index (χ1n) is 9.74. The number of hydrogen-bond donors (Lipinski definition) is 3. The molecule has 1 saturated carbocycles. The molecular weight excluding hydrogens is 358 g/mol. The van der Waals surface area contributed by atoms with Crippen LogP contribution in [0, 0.1) is 0 Å². The Balaban J connectivity index is 1.91.